The first-order chi connectivity index (χ1) is 9.20. The van der Waals surface area contributed by atoms with Gasteiger partial charge in [0.05, 0.1) is 6.61 Å². The number of nitrogens with one attached hydrogen (secondary N) is 2. The molecule has 3 N–H and O–H groups in total. The average molecular weight is 288 g/mol. The summed E-state index contributed by atoms with van der Waals surface area (Å²) in [5, 5.41) is 14.2. The largest absolute Gasteiger partial charge is 0.481 e. The summed E-state index contributed by atoms with van der Waals surface area (Å²) >= 11 is 0. The molecule has 0 spiro atoms. The number of ether oxygens (including phenoxy) is 1. The van der Waals surface area contributed by atoms with Crippen molar-refractivity contribution >= 4 is 17.8 Å². The number of hydrogen-bond acceptors (Lipinski definition) is 4. The highest BCUT2D eigenvalue weighted by Crippen LogP contribution is 2.26. The summed E-state index contributed by atoms with van der Waals surface area (Å²) in [5.74, 6) is -3.10. The van der Waals surface area contributed by atoms with Crippen LogP contribution in [0.3, 0.4) is 0 Å². The fourth-order valence-electron chi connectivity index (χ4n) is 1.66. The zero-order valence-corrected chi connectivity index (χ0v) is 12.5. The molecule has 0 aromatic rings. The lowest BCUT2D eigenvalue weighted by Crippen LogP contribution is -2.43. The van der Waals surface area contributed by atoms with Gasteiger partial charge in [-0.2, -0.15) is 0 Å². The molecule has 1 unspecified atom stereocenters. The lowest BCUT2D eigenvalue weighted by molar-refractivity contribution is -0.151. The maximum Gasteiger partial charge on any atom is 0.316 e. The Morgan fingerprint density at radius 1 is 1.15 bits per heavy atom. The number of methoxy groups -OCH3 is 1. The predicted octanol–water partition coefficient (Wildman–Crippen LogP) is 0.00220. The number of hydrogen-bond donors (Lipinski definition) is 3. The maximum atomic E-state index is 11.8. The third-order valence-corrected chi connectivity index (χ3v) is 2.65. The van der Waals surface area contributed by atoms with E-state index in [1.165, 1.54) is 7.11 Å². The van der Waals surface area contributed by atoms with Crippen LogP contribution in [0.2, 0.25) is 0 Å². The third-order valence-electron chi connectivity index (χ3n) is 2.65. The van der Waals surface area contributed by atoms with E-state index in [-0.39, 0.29) is 18.9 Å². The Hall–Kier alpha value is -1.63. The van der Waals surface area contributed by atoms with Crippen LogP contribution in [-0.2, 0) is 19.1 Å². The second kappa shape index (κ2) is 8.52. The SMILES string of the molecule is COCCNC(=O)CCNC(=O)C(C(=O)O)C(C)(C)C. The molecule has 0 heterocycles. The Kier molecular flexibility index (Phi) is 7.83. The molecule has 20 heavy (non-hydrogen) atoms. The van der Waals surface area contributed by atoms with Crippen LogP contribution in [0, 0.1) is 11.3 Å². The van der Waals surface area contributed by atoms with Crippen molar-refractivity contribution in [2.45, 2.75) is 27.2 Å². The van der Waals surface area contributed by atoms with Crippen LogP contribution < -0.4 is 10.6 Å². The first kappa shape index (κ1) is 18.4. The van der Waals surface area contributed by atoms with E-state index in [9.17, 15) is 14.4 Å². The van der Waals surface area contributed by atoms with Gasteiger partial charge in [-0.05, 0) is 5.41 Å². The molecule has 0 aliphatic heterocycles. The molecule has 0 fully saturated rings. The molecule has 0 aromatic heterocycles. The molecule has 0 aromatic carbocycles. The minimum absolute atomic E-state index is 0.103. The quantitative estimate of drug-likeness (QED) is 0.431. The molecule has 1 atom stereocenters. The summed E-state index contributed by atoms with van der Waals surface area (Å²) in [5.41, 5.74) is -0.684. The van der Waals surface area contributed by atoms with Crippen molar-refractivity contribution in [2.75, 3.05) is 26.8 Å². The number of carboxylic acid groups (broad SMARTS) is 1. The van der Waals surface area contributed by atoms with Gasteiger partial charge in [-0.1, -0.05) is 20.8 Å². The monoisotopic (exact) mass is 288 g/mol. The summed E-state index contributed by atoms with van der Waals surface area (Å²) in [6, 6.07) is 0. The van der Waals surface area contributed by atoms with Gasteiger partial charge in [-0.3, -0.25) is 14.4 Å². The van der Waals surface area contributed by atoms with Crippen LogP contribution >= 0.6 is 0 Å². The van der Waals surface area contributed by atoms with E-state index < -0.39 is 23.2 Å². The van der Waals surface area contributed by atoms with Gasteiger partial charge in [0, 0.05) is 26.6 Å². The molecule has 116 valence electrons. The van der Waals surface area contributed by atoms with Crippen LogP contribution in [0.5, 0.6) is 0 Å². The fraction of sp³-hybridized carbons (Fsp3) is 0.769. The Morgan fingerprint density at radius 2 is 1.75 bits per heavy atom. The lowest BCUT2D eigenvalue weighted by atomic mass is 9.80. The second-order valence-electron chi connectivity index (χ2n) is 5.52. The molecule has 2 amide bonds. The Labute approximate surface area is 119 Å². The molecular weight excluding hydrogens is 264 g/mol. The van der Waals surface area contributed by atoms with Crippen molar-refractivity contribution in [1.29, 1.82) is 0 Å². The second-order valence-corrected chi connectivity index (χ2v) is 5.52. The molecule has 0 saturated heterocycles. The lowest BCUT2D eigenvalue weighted by Gasteiger charge is -2.25. The number of amides is 2. The normalized spacial score (nSPS) is 12.6. The van der Waals surface area contributed by atoms with Gasteiger partial charge in [0.2, 0.25) is 11.8 Å². The van der Waals surface area contributed by atoms with Crippen LogP contribution in [0.25, 0.3) is 0 Å². The molecule has 0 saturated carbocycles. The summed E-state index contributed by atoms with van der Waals surface area (Å²) < 4.78 is 4.78. The first-order valence-corrected chi connectivity index (χ1v) is 6.46. The van der Waals surface area contributed by atoms with E-state index >= 15 is 0 Å². The number of carbonyl (C=O) groups is 3. The van der Waals surface area contributed by atoms with E-state index in [2.05, 4.69) is 10.6 Å². The Morgan fingerprint density at radius 3 is 2.20 bits per heavy atom. The van der Waals surface area contributed by atoms with Gasteiger partial charge in [-0.25, -0.2) is 0 Å². The Bertz CT molecular complexity index is 349. The van der Waals surface area contributed by atoms with Crippen molar-refractivity contribution in [3.05, 3.63) is 0 Å². The molecule has 0 radical (unpaired) electrons. The molecule has 7 nitrogen and oxygen atoms in total. The van der Waals surface area contributed by atoms with Gasteiger partial charge in [-0.15, -0.1) is 0 Å². The van der Waals surface area contributed by atoms with Gasteiger partial charge in [0.25, 0.3) is 0 Å². The molecule has 0 aliphatic carbocycles. The van der Waals surface area contributed by atoms with E-state index in [4.69, 9.17) is 9.84 Å². The summed E-state index contributed by atoms with van der Waals surface area (Å²) in [6.07, 6.45) is 0.103. The Balaban J connectivity index is 4.15. The topological polar surface area (TPSA) is 105 Å². The molecular formula is C13H24N2O5. The highest BCUT2D eigenvalue weighted by molar-refractivity contribution is 5.97. The minimum atomic E-state index is -1.17. The zero-order chi connectivity index (χ0) is 15.8. The van der Waals surface area contributed by atoms with Crippen LogP contribution in [-0.4, -0.2) is 49.7 Å². The highest BCUT2D eigenvalue weighted by atomic mass is 16.5. The number of carboxylic acids is 1. The van der Waals surface area contributed by atoms with Gasteiger partial charge >= 0.3 is 5.97 Å². The standard InChI is InChI=1S/C13H24N2O5/c1-13(2,3)10(12(18)19)11(17)15-6-5-9(16)14-7-8-20-4/h10H,5-8H2,1-4H3,(H,14,16)(H,15,17)(H,18,19). The molecule has 0 bridgehead atoms. The molecule has 7 heteroatoms. The van der Waals surface area contributed by atoms with Crippen molar-refractivity contribution in [2.24, 2.45) is 11.3 Å². The summed E-state index contributed by atoms with van der Waals surface area (Å²) in [6.45, 7) is 5.98. The number of aliphatic carboxylic acids is 1. The number of rotatable bonds is 8. The maximum absolute atomic E-state index is 11.8. The van der Waals surface area contributed by atoms with Crippen LogP contribution in [0.4, 0.5) is 0 Å². The van der Waals surface area contributed by atoms with Crippen molar-refractivity contribution in [1.82, 2.24) is 10.6 Å². The van der Waals surface area contributed by atoms with Crippen LogP contribution in [0.15, 0.2) is 0 Å². The van der Waals surface area contributed by atoms with Crippen molar-refractivity contribution in [3.8, 4) is 0 Å². The van der Waals surface area contributed by atoms with E-state index in [1.807, 2.05) is 0 Å². The van der Waals surface area contributed by atoms with Crippen LogP contribution in [0.1, 0.15) is 27.2 Å². The third kappa shape index (κ3) is 7.08. The number of carbonyl (C=O) groups excluding carboxylic acids is 2. The minimum Gasteiger partial charge on any atom is -0.481 e. The smallest absolute Gasteiger partial charge is 0.316 e. The fourth-order valence-corrected chi connectivity index (χ4v) is 1.66. The van der Waals surface area contributed by atoms with Crippen molar-refractivity contribution in [3.63, 3.8) is 0 Å². The van der Waals surface area contributed by atoms with Gasteiger partial charge in [0.15, 0.2) is 0 Å². The first-order valence-electron chi connectivity index (χ1n) is 6.46. The highest BCUT2D eigenvalue weighted by Gasteiger charge is 2.37. The van der Waals surface area contributed by atoms with Crippen molar-refractivity contribution < 1.29 is 24.2 Å². The summed E-state index contributed by atoms with van der Waals surface area (Å²) in [7, 11) is 1.53. The average Bonchev–Trinajstić information content (AvgIpc) is 2.26. The van der Waals surface area contributed by atoms with Gasteiger partial charge < -0.3 is 20.5 Å². The molecule has 0 rings (SSSR count). The zero-order valence-electron chi connectivity index (χ0n) is 12.5. The summed E-state index contributed by atoms with van der Waals surface area (Å²) in [4.78, 5) is 34.3. The van der Waals surface area contributed by atoms with Gasteiger partial charge in [0.1, 0.15) is 5.92 Å². The van der Waals surface area contributed by atoms with E-state index in [0.717, 1.165) is 0 Å². The predicted molar refractivity (Wildman–Crippen MR) is 73.1 cm³/mol. The van der Waals surface area contributed by atoms with E-state index in [0.29, 0.717) is 13.2 Å². The molecule has 0 aliphatic rings. The van der Waals surface area contributed by atoms with E-state index in [1.54, 1.807) is 20.8 Å².